The third kappa shape index (κ3) is 6.21. The second-order valence-corrected chi connectivity index (χ2v) is 4.73. The third-order valence-electron chi connectivity index (χ3n) is 3.13. The van der Waals surface area contributed by atoms with Crippen molar-refractivity contribution in [3.63, 3.8) is 0 Å². The molecule has 0 heterocycles. The van der Waals surface area contributed by atoms with E-state index in [4.69, 9.17) is 4.74 Å². The molecule has 0 saturated carbocycles. The maximum absolute atomic E-state index is 11.8. The Bertz CT molecular complexity index is 484. The van der Waals surface area contributed by atoms with E-state index >= 15 is 0 Å². The van der Waals surface area contributed by atoms with Crippen LogP contribution in [-0.4, -0.2) is 30.8 Å². The number of rotatable bonds is 8. The molecule has 5 nitrogen and oxygen atoms in total. The predicted octanol–water partition coefficient (Wildman–Crippen LogP) is 1.65. The Labute approximate surface area is 124 Å². The first-order valence-electron chi connectivity index (χ1n) is 6.99. The Morgan fingerprint density at radius 2 is 1.81 bits per heavy atom. The van der Waals surface area contributed by atoms with E-state index in [9.17, 15) is 14.4 Å². The number of ether oxygens (including phenoxy) is 1. The number of Topliss-reactive ketones (excluding diaryl/α,β-unsaturated/α-hetero) is 1. The molecular formula is C16H21NO4. The number of esters is 1. The maximum atomic E-state index is 11.8. The summed E-state index contributed by atoms with van der Waals surface area (Å²) in [6, 6.07) is 8.63. The van der Waals surface area contributed by atoms with Crippen LogP contribution in [-0.2, 0) is 25.5 Å². The standard InChI is InChI=1S/C16H21NO4/c1-3-13(18)9-10-15(19)17-14(16(20)21-2)11-12-7-5-4-6-8-12/h4-8,14H,3,9-11H2,1-2H3,(H,17,19)/t14-/m0/s1. The Balaban J connectivity index is 2.60. The van der Waals surface area contributed by atoms with Crippen molar-refractivity contribution in [1.29, 1.82) is 0 Å². The zero-order valence-corrected chi connectivity index (χ0v) is 12.4. The fourth-order valence-electron chi connectivity index (χ4n) is 1.88. The number of methoxy groups -OCH3 is 1. The zero-order valence-electron chi connectivity index (χ0n) is 12.4. The quantitative estimate of drug-likeness (QED) is 0.739. The van der Waals surface area contributed by atoms with Crippen LogP contribution in [0.5, 0.6) is 0 Å². The minimum absolute atomic E-state index is 0.0304. The monoisotopic (exact) mass is 291 g/mol. The highest BCUT2D eigenvalue weighted by atomic mass is 16.5. The molecular weight excluding hydrogens is 270 g/mol. The lowest BCUT2D eigenvalue weighted by Crippen LogP contribution is -2.43. The molecule has 1 atom stereocenters. The van der Waals surface area contributed by atoms with Crippen molar-refractivity contribution in [3.05, 3.63) is 35.9 Å². The molecule has 0 saturated heterocycles. The molecule has 1 rings (SSSR count). The molecule has 0 bridgehead atoms. The maximum Gasteiger partial charge on any atom is 0.328 e. The van der Waals surface area contributed by atoms with E-state index in [-0.39, 0.29) is 24.5 Å². The summed E-state index contributed by atoms with van der Waals surface area (Å²) >= 11 is 0. The normalized spacial score (nSPS) is 11.5. The second-order valence-electron chi connectivity index (χ2n) is 4.73. The number of ketones is 1. The van der Waals surface area contributed by atoms with Crippen molar-refractivity contribution in [3.8, 4) is 0 Å². The number of hydrogen-bond acceptors (Lipinski definition) is 4. The summed E-state index contributed by atoms with van der Waals surface area (Å²) in [6.45, 7) is 1.76. The minimum Gasteiger partial charge on any atom is -0.467 e. The smallest absolute Gasteiger partial charge is 0.328 e. The van der Waals surface area contributed by atoms with Crippen LogP contribution < -0.4 is 5.32 Å². The minimum atomic E-state index is -0.735. The average molecular weight is 291 g/mol. The summed E-state index contributed by atoms with van der Waals surface area (Å²) < 4.78 is 4.71. The van der Waals surface area contributed by atoms with E-state index in [1.54, 1.807) is 6.92 Å². The Morgan fingerprint density at radius 1 is 1.14 bits per heavy atom. The van der Waals surface area contributed by atoms with E-state index in [2.05, 4.69) is 5.32 Å². The second kappa shape index (κ2) is 8.89. The van der Waals surface area contributed by atoms with E-state index in [1.165, 1.54) is 7.11 Å². The molecule has 1 amide bonds. The molecule has 1 aromatic carbocycles. The van der Waals surface area contributed by atoms with Crippen LogP contribution >= 0.6 is 0 Å². The SMILES string of the molecule is CCC(=O)CCC(=O)N[C@@H](Cc1ccccc1)C(=O)OC. The van der Waals surface area contributed by atoms with Gasteiger partial charge in [-0.1, -0.05) is 37.3 Å². The van der Waals surface area contributed by atoms with Crippen LogP contribution in [0.2, 0.25) is 0 Å². The van der Waals surface area contributed by atoms with Gasteiger partial charge in [-0.25, -0.2) is 4.79 Å². The number of nitrogens with one attached hydrogen (secondary N) is 1. The van der Waals surface area contributed by atoms with Crippen LogP contribution in [0.4, 0.5) is 0 Å². The molecule has 0 aromatic heterocycles. The van der Waals surface area contributed by atoms with Gasteiger partial charge in [0, 0.05) is 25.7 Å². The first-order valence-corrected chi connectivity index (χ1v) is 6.99. The van der Waals surface area contributed by atoms with E-state index in [0.29, 0.717) is 12.8 Å². The largest absolute Gasteiger partial charge is 0.467 e. The summed E-state index contributed by atoms with van der Waals surface area (Å²) in [5.74, 6) is -0.778. The lowest BCUT2D eigenvalue weighted by atomic mass is 10.1. The molecule has 5 heteroatoms. The van der Waals surface area contributed by atoms with Crippen LogP contribution in [0.3, 0.4) is 0 Å². The summed E-state index contributed by atoms with van der Waals surface area (Å²) in [5.41, 5.74) is 0.929. The van der Waals surface area contributed by atoms with Crippen LogP contribution in [0.25, 0.3) is 0 Å². The predicted molar refractivity (Wildman–Crippen MR) is 78.6 cm³/mol. The van der Waals surface area contributed by atoms with Crippen molar-refractivity contribution in [2.24, 2.45) is 0 Å². The van der Waals surface area contributed by atoms with E-state index < -0.39 is 12.0 Å². The third-order valence-corrected chi connectivity index (χ3v) is 3.13. The van der Waals surface area contributed by atoms with E-state index in [0.717, 1.165) is 5.56 Å². The molecule has 0 spiro atoms. The summed E-state index contributed by atoms with van der Waals surface area (Å²) in [7, 11) is 1.28. The summed E-state index contributed by atoms with van der Waals surface area (Å²) in [6.07, 6.45) is 1.06. The molecule has 1 N–H and O–H groups in total. The first kappa shape index (κ1) is 16.9. The number of hydrogen-bond donors (Lipinski definition) is 1. The molecule has 0 aliphatic rings. The van der Waals surface area contributed by atoms with Crippen LogP contribution in [0, 0.1) is 0 Å². The van der Waals surface area contributed by atoms with Gasteiger partial charge >= 0.3 is 5.97 Å². The van der Waals surface area contributed by atoms with E-state index in [1.807, 2.05) is 30.3 Å². The van der Waals surface area contributed by atoms with Gasteiger partial charge in [-0.05, 0) is 5.56 Å². The van der Waals surface area contributed by atoms with Gasteiger partial charge in [-0.2, -0.15) is 0 Å². The van der Waals surface area contributed by atoms with Gasteiger partial charge in [0.25, 0.3) is 0 Å². The van der Waals surface area contributed by atoms with Crippen LogP contribution in [0.15, 0.2) is 30.3 Å². The lowest BCUT2D eigenvalue weighted by Gasteiger charge is -2.16. The van der Waals surface area contributed by atoms with Gasteiger partial charge in [0.1, 0.15) is 11.8 Å². The van der Waals surface area contributed by atoms with Gasteiger partial charge in [0.15, 0.2) is 0 Å². The van der Waals surface area contributed by atoms with Gasteiger partial charge < -0.3 is 10.1 Å². The molecule has 21 heavy (non-hydrogen) atoms. The van der Waals surface area contributed by atoms with Gasteiger partial charge in [-0.3, -0.25) is 9.59 Å². The van der Waals surface area contributed by atoms with Gasteiger partial charge in [0.2, 0.25) is 5.91 Å². The summed E-state index contributed by atoms with van der Waals surface area (Å²) in [4.78, 5) is 34.8. The molecule has 0 fully saturated rings. The molecule has 0 aliphatic heterocycles. The highest BCUT2D eigenvalue weighted by Gasteiger charge is 2.21. The Morgan fingerprint density at radius 3 is 2.38 bits per heavy atom. The Kier molecular flexibility index (Phi) is 7.15. The molecule has 0 aliphatic carbocycles. The zero-order chi connectivity index (χ0) is 15.7. The highest BCUT2D eigenvalue weighted by molar-refractivity contribution is 5.88. The average Bonchev–Trinajstić information content (AvgIpc) is 2.52. The van der Waals surface area contributed by atoms with Crippen molar-refractivity contribution >= 4 is 17.7 Å². The highest BCUT2D eigenvalue weighted by Crippen LogP contribution is 2.05. The lowest BCUT2D eigenvalue weighted by molar-refractivity contribution is -0.145. The Hall–Kier alpha value is -2.17. The molecule has 0 radical (unpaired) electrons. The molecule has 1 aromatic rings. The number of amides is 1. The molecule has 114 valence electrons. The van der Waals surface area contributed by atoms with Crippen molar-refractivity contribution in [2.75, 3.05) is 7.11 Å². The summed E-state index contributed by atoms with van der Waals surface area (Å²) in [5, 5.41) is 2.63. The first-order chi connectivity index (χ1) is 10.1. The number of benzene rings is 1. The fraction of sp³-hybridized carbons (Fsp3) is 0.438. The molecule has 0 unspecified atom stereocenters. The fourth-order valence-corrected chi connectivity index (χ4v) is 1.88. The van der Waals surface area contributed by atoms with Crippen molar-refractivity contribution < 1.29 is 19.1 Å². The van der Waals surface area contributed by atoms with Gasteiger partial charge in [0.05, 0.1) is 7.11 Å². The van der Waals surface area contributed by atoms with Gasteiger partial charge in [-0.15, -0.1) is 0 Å². The topological polar surface area (TPSA) is 72.5 Å². The van der Waals surface area contributed by atoms with Crippen LogP contribution in [0.1, 0.15) is 31.7 Å². The number of carbonyl (C=O) groups excluding carboxylic acids is 3. The van der Waals surface area contributed by atoms with Crippen molar-refractivity contribution in [2.45, 2.75) is 38.6 Å². The van der Waals surface area contributed by atoms with Crippen molar-refractivity contribution in [1.82, 2.24) is 5.32 Å². The number of carbonyl (C=O) groups is 3.